The molecular formula is C17H15N2O4-. The van der Waals surface area contributed by atoms with Gasteiger partial charge in [0.05, 0.1) is 17.5 Å². The molecule has 0 aliphatic heterocycles. The van der Waals surface area contributed by atoms with Crippen molar-refractivity contribution in [2.45, 2.75) is 19.3 Å². The quantitative estimate of drug-likeness (QED) is 0.696. The summed E-state index contributed by atoms with van der Waals surface area (Å²) in [6, 6.07) is 14.2. The van der Waals surface area contributed by atoms with Gasteiger partial charge in [-0.2, -0.15) is 0 Å². The van der Waals surface area contributed by atoms with Crippen molar-refractivity contribution < 1.29 is 20.1 Å². The summed E-state index contributed by atoms with van der Waals surface area (Å²) in [4.78, 5) is 15.4. The third-order valence-corrected chi connectivity index (χ3v) is 3.64. The van der Waals surface area contributed by atoms with Crippen LogP contribution in [0.15, 0.2) is 48.5 Å². The van der Waals surface area contributed by atoms with Gasteiger partial charge in [-0.25, -0.2) is 4.98 Å². The first-order valence-electron chi connectivity index (χ1n) is 7.17. The van der Waals surface area contributed by atoms with Crippen LogP contribution in [0.3, 0.4) is 0 Å². The number of aliphatic hydroxyl groups is 1. The van der Waals surface area contributed by atoms with Crippen molar-refractivity contribution in [3.05, 3.63) is 54.1 Å². The molecule has 0 aliphatic carbocycles. The zero-order valence-electron chi connectivity index (χ0n) is 12.2. The number of benzene rings is 2. The Bertz CT molecular complexity index is 840. The van der Waals surface area contributed by atoms with Gasteiger partial charge in [0.2, 0.25) is 0 Å². The number of hydrogen-bond donors (Lipinski definition) is 2. The lowest BCUT2D eigenvalue weighted by Crippen LogP contribution is -2.13. The van der Waals surface area contributed by atoms with Gasteiger partial charge < -0.3 is 19.9 Å². The monoisotopic (exact) mass is 311 g/mol. The molecule has 23 heavy (non-hydrogen) atoms. The van der Waals surface area contributed by atoms with Crippen LogP contribution in [-0.4, -0.2) is 25.7 Å². The molecule has 3 rings (SSSR count). The molecule has 1 aromatic heterocycles. The zero-order valence-corrected chi connectivity index (χ0v) is 12.2. The minimum atomic E-state index is -1.82. The van der Waals surface area contributed by atoms with Gasteiger partial charge in [0, 0.05) is 18.4 Å². The highest BCUT2D eigenvalue weighted by molar-refractivity contribution is 5.81. The maximum absolute atomic E-state index is 11.2. The van der Waals surface area contributed by atoms with Gasteiger partial charge in [-0.05, 0) is 17.7 Å². The number of carbonyl (C=O) groups is 1. The fourth-order valence-corrected chi connectivity index (χ4v) is 2.54. The molecule has 6 heteroatoms. The normalized spacial score (nSPS) is 12.4. The predicted octanol–water partition coefficient (Wildman–Crippen LogP) is 1.53. The first-order valence-corrected chi connectivity index (χ1v) is 7.17. The number of aliphatic carboxylic acids is 1. The van der Waals surface area contributed by atoms with Crippen LogP contribution in [0.4, 0.5) is 0 Å². The highest BCUT2D eigenvalue weighted by Crippen LogP contribution is 2.26. The number of aliphatic hydroxyl groups excluding tert-OH is 1. The van der Waals surface area contributed by atoms with Crippen LogP contribution in [0.25, 0.3) is 22.4 Å². The summed E-state index contributed by atoms with van der Waals surface area (Å²) in [7, 11) is 0. The van der Waals surface area contributed by atoms with E-state index in [-0.39, 0.29) is 18.5 Å². The lowest BCUT2D eigenvalue weighted by atomic mass is 10.2. The molecule has 3 aromatic rings. The number of carboxylic acid groups (broad SMARTS) is 1. The van der Waals surface area contributed by atoms with Gasteiger partial charge in [-0.15, -0.1) is 0 Å². The van der Waals surface area contributed by atoms with Crippen molar-refractivity contribution in [3.63, 3.8) is 0 Å². The second kappa shape index (κ2) is 6.20. The number of hydrogen-bond acceptors (Lipinski definition) is 4. The molecule has 0 aliphatic rings. The van der Waals surface area contributed by atoms with Crippen molar-refractivity contribution in [1.29, 1.82) is 0 Å². The van der Waals surface area contributed by atoms with Crippen LogP contribution >= 0.6 is 0 Å². The van der Waals surface area contributed by atoms with Gasteiger partial charge in [-0.1, -0.05) is 36.4 Å². The van der Waals surface area contributed by atoms with Gasteiger partial charge in [0.25, 0.3) is 0 Å². The van der Waals surface area contributed by atoms with E-state index < -0.39 is 12.3 Å². The summed E-state index contributed by atoms with van der Waals surface area (Å²) >= 11 is 0. The van der Waals surface area contributed by atoms with Crippen molar-refractivity contribution in [2.24, 2.45) is 0 Å². The lowest BCUT2D eigenvalue weighted by molar-refractivity contribution is -0.490. The molecular weight excluding hydrogens is 296 g/mol. The maximum Gasteiger partial charge on any atom is 0.305 e. The number of fused-ring (bicyclic) bond motifs is 1. The molecule has 0 bridgehead atoms. The molecule has 2 aromatic carbocycles. The van der Waals surface area contributed by atoms with Crippen molar-refractivity contribution >= 4 is 17.0 Å². The molecule has 1 heterocycles. The summed E-state index contributed by atoms with van der Waals surface area (Å²) in [5, 5.41) is 29.3. The topological polar surface area (TPSA) is 98.4 Å². The Morgan fingerprint density at radius 1 is 1.22 bits per heavy atom. The Morgan fingerprint density at radius 3 is 2.61 bits per heavy atom. The first-order chi connectivity index (χ1) is 11.1. The van der Waals surface area contributed by atoms with E-state index in [2.05, 4.69) is 4.98 Å². The fraction of sp³-hybridized carbons (Fsp3) is 0.176. The van der Waals surface area contributed by atoms with Crippen LogP contribution in [0.5, 0.6) is 0 Å². The summed E-state index contributed by atoms with van der Waals surface area (Å²) in [6.45, 7) is 0.273. The lowest BCUT2D eigenvalue weighted by Gasteiger charge is -2.14. The predicted molar refractivity (Wildman–Crippen MR) is 82.4 cm³/mol. The molecule has 0 saturated carbocycles. The minimum absolute atomic E-state index is 0.0305. The van der Waals surface area contributed by atoms with E-state index in [1.165, 1.54) is 12.1 Å². The molecule has 0 amide bonds. The van der Waals surface area contributed by atoms with Crippen molar-refractivity contribution in [2.75, 3.05) is 0 Å². The molecule has 1 atom stereocenters. The van der Waals surface area contributed by atoms with Crippen LogP contribution in [0.1, 0.15) is 18.3 Å². The molecule has 118 valence electrons. The number of aromatic nitrogens is 2. The van der Waals surface area contributed by atoms with E-state index in [0.29, 0.717) is 11.3 Å². The molecule has 6 nitrogen and oxygen atoms in total. The molecule has 0 saturated heterocycles. The van der Waals surface area contributed by atoms with E-state index in [4.69, 9.17) is 5.11 Å². The SMILES string of the molecule is O=C(O)CCn1c(-c2ccccc2)nc2cc(C([O-])O)ccc21. The number of carboxylic acids is 1. The van der Waals surface area contributed by atoms with Crippen molar-refractivity contribution in [3.8, 4) is 11.4 Å². The second-order valence-corrected chi connectivity index (χ2v) is 5.20. The Balaban J connectivity index is 2.16. The number of nitrogens with zero attached hydrogens (tertiary/aromatic N) is 2. The first kappa shape index (κ1) is 15.2. The van der Waals surface area contributed by atoms with Crippen molar-refractivity contribution in [1.82, 2.24) is 9.55 Å². The number of aryl methyl sites for hydroxylation is 1. The Morgan fingerprint density at radius 2 is 1.96 bits per heavy atom. The molecule has 2 N–H and O–H groups in total. The molecule has 0 fully saturated rings. The molecule has 0 spiro atoms. The van der Waals surface area contributed by atoms with Gasteiger partial charge in [-0.3, -0.25) is 4.79 Å². The van der Waals surface area contributed by atoms with E-state index in [1.54, 1.807) is 6.07 Å². The van der Waals surface area contributed by atoms with Crippen LogP contribution < -0.4 is 5.11 Å². The second-order valence-electron chi connectivity index (χ2n) is 5.20. The average molecular weight is 311 g/mol. The Labute approximate surface area is 132 Å². The highest BCUT2D eigenvalue weighted by Gasteiger charge is 2.14. The van der Waals surface area contributed by atoms with E-state index in [1.807, 2.05) is 34.9 Å². The highest BCUT2D eigenvalue weighted by atomic mass is 16.5. The smallest absolute Gasteiger partial charge is 0.305 e. The number of imidazole rings is 1. The van der Waals surface area contributed by atoms with E-state index in [9.17, 15) is 15.0 Å². The standard InChI is InChI=1S/C17H15N2O4/c20-15(21)8-9-19-14-7-6-12(17(22)23)10-13(14)18-16(19)11-4-2-1-3-5-11/h1-7,10,17,22H,8-9H2,(H,20,21)/q-1. The zero-order chi connectivity index (χ0) is 16.4. The largest absolute Gasteiger partial charge is 0.828 e. The van der Waals surface area contributed by atoms with Crippen LogP contribution in [0, 0.1) is 0 Å². The Kier molecular flexibility index (Phi) is 4.10. The summed E-state index contributed by atoms with van der Waals surface area (Å²) < 4.78 is 1.82. The fourth-order valence-electron chi connectivity index (χ4n) is 2.54. The third-order valence-electron chi connectivity index (χ3n) is 3.64. The summed E-state index contributed by atoms with van der Waals surface area (Å²) in [5.74, 6) is -0.253. The van der Waals surface area contributed by atoms with Crippen LogP contribution in [0.2, 0.25) is 0 Å². The van der Waals surface area contributed by atoms with Crippen LogP contribution in [-0.2, 0) is 11.3 Å². The minimum Gasteiger partial charge on any atom is -0.828 e. The molecule has 0 radical (unpaired) electrons. The summed E-state index contributed by atoms with van der Waals surface area (Å²) in [5.41, 5.74) is 2.38. The molecule has 1 unspecified atom stereocenters. The van der Waals surface area contributed by atoms with E-state index >= 15 is 0 Å². The van der Waals surface area contributed by atoms with Gasteiger partial charge in [0.1, 0.15) is 5.82 Å². The van der Waals surface area contributed by atoms with E-state index in [0.717, 1.165) is 11.1 Å². The number of rotatable bonds is 5. The van der Waals surface area contributed by atoms with Gasteiger partial charge >= 0.3 is 5.97 Å². The Hall–Kier alpha value is -2.70. The average Bonchev–Trinajstić information content (AvgIpc) is 2.91. The van der Waals surface area contributed by atoms with Gasteiger partial charge in [0.15, 0.2) is 0 Å². The third kappa shape index (κ3) is 3.08. The maximum atomic E-state index is 11.2. The summed E-state index contributed by atoms with van der Waals surface area (Å²) in [6.07, 6.45) is -1.85.